The largest absolute Gasteiger partial charge is 0.452 e. The average molecular weight is 411 g/mol. The lowest BCUT2D eigenvalue weighted by Gasteiger charge is -2.20. The fourth-order valence-electron chi connectivity index (χ4n) is 3.62. The Bertz CT molecular complexity index is 973. The summed E-state index contributed by atoms with van der Waals surface area (Å²) in [6.07, 6.45) is 4.55. The van der Waals surface area contributed by atoms with Crippen molar-refractivity contribution in [3.8, 4) is 0 Å². The van der Waals surface area contributed by atoms with Crippen molar-refractivity contribution >= 4 is 23.3 Å². The Morgan fingerprint density at radius 3 is 2.57 bits per heavy atom. The van der Waals surface area contributed by atoms with Crippen LogP contribution in [0.5, 0.6) is 0 Å². The molecule has 1 aliphatic carbocycles. The molecule has 0 aromatic heterocycles. The van der Waals surface area contributed by atoms with E-state index in [1.165, 1.54) is 36.1 Å². The molecule has 0 unspecified atom stereocenters. The van der Waals surface area contributed by atoms with Crippen LogP contribution in [0.15, 0.2) is 36.4 Å². The van der Waals surface area contributed by atoms with Gasteiger partial charge in [-0.1, -0.05) is 18.2 Å². The highest BCUT2D eigenvalue weighted by molar-refractivity contribution is 5.93. The molecular weight excluding hydrogens is 386 g/mol. The molecule has 8 heteroatoms. The van der Waals surface area contributed by atoms with Crippen LogP contribution in [0.2, 0.25) is 0 Å². The fraction of sp³-hybridized carbons (Fsp3) is 0.364. The number of nitrogens with zero attached hydrogens (tertiary/aromatic N) is 1. The number of carbonyl (C=O) groups is 2. The summed E-state index contributed by atoms with van der Waals surface area (Å²) in [5, 5.41) is 16.6. The number of fused-ring (bicyclic) bond motifs is 1. The summed E-state index contributed by atoms with van der Waals surface area (Å²) in [6, 6.07) is 10.0. The van der Waals surface area contributed by atoms with Crippen LogP contribution in [-0.4, -0.2) is 30.5 Å². The molecule has 1 aliphatic rings. The second-order valence-corrected chi connectivity index (χ2v) is 7.34. The van der Waals surface area contributed by atoms with Gasteiger partial charge in [0.25, 0.3) is 11.6 Å². The van der Waals surface area contributed by atoms with Gasteiger partial charge in [0, 0.05) is 13.1 Å². The first kappa shape index (κ1) is 21.3. The quantitative estimate of drug-likeness (QED) is 0.410. The summed E-state index contributed by atoms with van der Waals surface area (Å²) in [5.41, 5.74) is 3.77. The lowest BCUT2D eigenvalue weighted by molar-refractivity contribution is -0.384. The summed E-state index contributed by atoms with van der Waals surface area (Å²) >= 11 is 0. The summed E-state index contributed by atoms with van der Waals surface area (Å²) in [5.74, 6) is -1.23. The van der Waals surface area contributed by atoms with Crippen molar-refractivity contribution < 1.29 is 19.2 Å². The van der Waals surface area contributed by atoms with Crippen LogP contribution >= 0.6 is 0 Å². The van der Waals surface area contributed by atoms with Gasteiger partial charge in [0.15, 0.2) is 6.61 Å². The average Bonchev–Trinajstić information content (AvgIpc) is 2.76. The van der Waals surface area contributed by atoms with Crippen molar-refractivity contribution in [2.24, 2.45) is 0 Å². The number of nitrogens with one attached hydrogen (secondary N) is 2. The third kappa shape index (κ3) is 4.94. The van der Waals surface area contributed by atoms with Gasteiger partial charge in [-0.25, -0.2) is 4.79 Å². The minimum atomic E-state index is -0.794. The van der Waals surface area contributed by atoms with Gasteiger partial charge < -0.3 is 15.4 Å². The second-order valence-electron chi connectivity index (χ2n) is 7.34. The third-order valence-electron chi connectivity index (χ3n) is 5.28. The molecule has 0 radical (unpaired) electrons. The van der Waals surface area contributed by atoms with Crippen molar-refractivity contribution in [3.05, 3.63) is 68.8 Å². The first-order valence-electron chi connectivity index (χ1n) is 9.93. The number of aryl methyl sites for hydroxylation is 2. The van der Waals surface area contributed by atoms with E-state index in [-0.39, 0.29) is 23.0 Å². The molecular formula is C22H25N3O5. The molecule has 0 fully saturated rings. The Hall–Kier alpha value is -3.42. The summed E-state index contributed by atoms with van der Waals surface area (Å²) in [6.45, 7) is 1.42. The van der Waals surface area contributed by atoms with Crippen LogP contribution < -0.4 is 10.6 Å². The Labute approximate surface area is 174 Å². The van der Waals surface area contributed by atoms with E-state index in [1.807, 2.05) is 13.0 Å². The van der Waals surface area contributed by atoms with Crippen LogP contribution in [0.25, 0.3) is 0 Å². The molecule has 0 saturated heterocycles. The van der Waals surface area contributed by atoms with Crippen molar-refractivity contribution in [2.75, 3.05) is 19.0 Å². The molecule has 30 heavy (non-hydrogen) atoms. The van der Waals surface area contributed by atoms with Gasteiger partial charge in [0.1, 0.15) is 5.69 Å². The van der Waals surface area contributed by atoms with Crippen molar-refractivity contribution in [1.29, 1.82) is 0 Å². The Kier molecular flexibility index (Phi) is 6.66. The normalized spacial score (nSPS) is 13.7. The standard InChI is InChI=1S/C22H25N3O5/c1-14(16-8-7-15-5-3-4-6-17(15)11-16)24-21(26)13-30-22(27)18-9-10-19(23-2)20(12-18)25(28)29/h7-12,14,23H,3-6,13H2,1-2H3,(H,24,26)/t14-/m1/s1. The number of rotatable bonds is 7. The SMILES string of the molecule is CNc1ccc(C(=O)OCC(=O)N[C@H](C)c2ccc3c(c2)CCCC3)cc1[N+](=O)[O-]. The molecule has 1 amide bonds. The molecule has 1 atom stereocenters. The highest BCUT2D eigenvalue weighted by Crippen LogP contribution is 2.26. The van der Waals surface area contributed by atoms with E-state index in [9.17, 15) is 19.7 Å². The van der Waals surface area contributed by atoms with Crippen LogP contribution in [0.4, 0.5) is 11.4 Å². The van der Waals surface area contributed by atoms with E-state index in [0.29, 0.717) is 0 Å². The molecule has 3 rings (SSSR count). The molecule has 2 aromatic rings. The van der Waals surface area contributed by atoms with E-state index in [1.54, 1.807) is 7.05 Å². The van der Waals surface area contributed by atoms with Crippen molar-refractivity contribution in [1.82, 2.24) is 5.32 Å². The molecule has 0 heterocycles. The number of carbonyl (C=O) groups excluding carboxylic acids is 2. The molecule has 2 N–H and O–H groups in total. The number of amides is 1. The van der Waals surface area contributed by atoms with Crippen LogP contribution in [0, 0.1) is 10.1 Å². The van der Waals surface area contributed by atoms with Gasteiger partial charge in [-0.3, -0.25) is 14.9 Å². The summed E-state index contributed by atoms with van der Waals surface area (Å²) in [7, 11) is 1.55. The minimum Gasteiger partial charge on any atom is -0.452 e. The van der Waals surface area contributed by atoms with Gasteiger partial charge in [-0.05, 0) is 61.4 Å². The van der Waals surface area contributed by atoms with Gasteiger partial charge in [0.2, 0.25) is 0 Å². The van der Waals surface area contributed by atoms with Gasteiger partial charge >= 0.3 is 5.97 Å². The number of hydrogen-bond acceptors (Lipinski definition) is 6. The molecule has 0 spiro atoms. The number of nitro groups is 1. The highest BCUT2D eigenvalue weighted by atomic mass is 16.6. The van der Waals surface area contributed by atoms with Crippen molar-refractivity contribution in [2.45, 2.75) is 38.6 Å². The van der Waals surface area contributed by atoms with E-state index in [4.69, 9.17) is 4.74 Å². The maximum absolute atomic E-state index is 12.2. The molecule has 2 aromatic carbocycles. The van der Waals surface area contributed by atoms with E-state index >= 15 is 0 Å². The van der Waals surface area contributed by atoms with Crippen molar-refractivity contribution in [3.63, 3.8) is 0 Å². The number of nitro benzene ring substituents is 1. The number of benzene rings is 2. The summed E-state index contributed by atoms with van der Waals surface area (Å²) in [4.78, 5) is 34.9. The number of ether oxygens (including phenoxy) is 1. The fourth-order valence-corrected chi connectivity index (χ4v) is 3.62. The molecule has 0 saturated carbocycles. The zero-order chi connectivity index (χ0) is 21.7. The maximum atomic E-state index is 12.2. The zero-order valence-corrected chi connectivity index (χ0v) is 17.1. The lowest BCUT2D eigenvalue weighted by Crippen LogP contribution is -2.31. The maximum Gasteiger partial charge on any atom is 0.338 e. The first-order chi connectivity index (χ1) is 14.4. The van der Waals surface area contributed by atoms with Crippen LogP contribution in [-0.2, 0) is 22.4 Å². The van der Waals surface area contributed by atoms with Crippen LogP contribution in [0.1, 0.15) is 52.9 Å². The number of hydrogen-bond donors (Lipinski definition) is 2. The second kappa shape index (κ2) is 9.39. The third-order valence-corrected chi connectivity index (χ3v) is 5.28. The monoisotopic (exact) mass is 411 g/mol. The van der Waals surface area contributed by atoms with Gasteiger partial charge in [-0.15, -0.1) is 0 Å². The van der Waals surface area contributed by atoms with Crippen LogP contribution in [0.3, 0.4) is 0 Å². The molecule has 8 nitrogen and oxygen atoms in total. The van der Waals surface area contributed by atoms with E-state index < -0.39 is 23.4 Å². The Morgan fingerprint density at radius 1 is 1.13 bits per heavy atom. The lowest BCUT2D eigenvalue weighted by atomic mass is 9.89. The molecule has 0 bridgehead atoms. The topological polar surface area (TPSA) is 111 Å². The molecule has 158 valence electrons. The van der Waals surface area contributed by atoms with E-state index in [2.05, 4.69) is 22.8 Å². The zero-order valence-electron chi connectivity index (χ0n) is 17.1. The Morgan fingerprint density at radius 2 is 1.87 bits per heavy atom. The predicted octanol–water partition coefficient (Wildman–Crippen LogP) is 3.55. The van der Waals surface area contributed by atoms with Gasteiger partial charge in [-0.2, -0.15) is 0 Å². The number of anilines is 1. The summed E-state index contributed by atoms with van der Waals surface area (Å²) < 4.78 is 5.03. The minimum absolute atomic E-state index is 0.0104. The Balaban J connectivity index is 1.57. The van der Waals surface area contributed by atoms with E-state index in [0.717, 1.165) is 24.5 Å². The highest BCUT2D eigenvalue weighted by Gasteiger charge is 2.19. The molecule has 0 aliphatic heterocycles. The smallest absolute Gasteiger partial charge is 0.338 e. The predicted molar refractivity (Wildman–Crippen MR) is 113 cm³/mol. The first-order valence-corrected chi connectivity index (χ1v) is 9.93. The van der Waals surface area contributed by atoms with Gasteiger partial charge in [0.05, 0.1) is 16.5 Å². The number of esters is 1.